The van der Waals surface area contributed by atoms with Gasteiger partial charge in [-0.05, 0) is 45.6 Å². The molecule has 1 spiro atoms. The van der Waals surface area contributed by atoms with Gasteiger partial charge in [0, 0.05) is 26.2 Å². The molecule has 0 aromatic rings. The highest BCUT2D eigenvalue weighted by Gasteiger charge is 2.53. The molecule has 0 aromatic carbocycles. The van der Waals surface area contributed by atoms with Crippen LogP contribution in [0.25, 0.3) is 0 Å². The lowest BCUT2D eigenvalue weighted by molar-refractivity contribution is -0.142. The Morgan fingerprint density at radius 3 is 2.56 bits per heavy atom. The molecular formula is C18H27N3O4. The van der Waals surface area contributed by atoms with Crippen LogP contribution in [-0.4, -0.2) is 65.0 Å². The lowest BCUT2D eigenvalue weighted by Crippen LogP contribution is -2.72. The van der Waals surface area contributed by atoms with Gasteiger partial charge in [-0.15, -0.1) is 0 Å². The van der Waals surface area contributed by atoms with Crippen molar-refractivity contribution in [3.05, 3.63) is 12.2 Å². The Morgan fingerprint density at radius 1 is 1.28 bits per heavy atom. The number of rotatable bonds is 2. The Balaban J connectivity index is 1.70. The van der Waals surface area contributed by atoms with E-state index in [-0.39, 0.29) is 18.2 Å². The summed E-state index contributed by atoms with van der Waals surface area (Å²) in [4.78, 5) is 40.2. The normalized spacial score (nSPS) is 23.2. The van der Waals surface area contributed by atoms with Gasteiger partial charge in [-0.1, -0.05) is 6.08 Å². The molecule has 0 radical (unpaired) electrons. The second-order valence-electron chi connectivity index (χ2n) is 8.27. The van der Waals surface area contributed by atoms with E-state index < -0.39 is 17.2 Å². The Kier molecular flexibility index (Phi) is 4.51. The van der Waals surface area contributed by atoms with Crippen LogP contribution in [0.3, 0.4) is 0 Å². The number of amides is 3. The minimum atomic E-state index is -0.623. The summed E-state index contributed by atoms with van der Waals surface area (Å²) in [5, 5.41) is 2.82. The van der Waals surface area contributed by atoms with Gasteiger partial charge in [0.05, 0.1) is 12.0 Å². The van der Waals surface area contributed by atoms with E-state index in [0.717, 1.165) is 12.8 Å². The summed E-state index contributed by atoms with van der Waals surface area (Å²) in [6.45, 7) is 7.02. The molecule has 3 fully saturated rings. The van der Waals surface area contributed by atoms with Crippen LogP contribution in [0.4, 0.5) is 4.79 Å². The maximum Gasteiger partial charge on any atom is 0.410 e. The third-order valence-electron chi connectivity index (χ3n) is 4.74. The predicted molar refractivity (Wildman–Crippen MR) is 91.7 cm³/mol. The van der Waals surface area contributed by atoms with Gasteiger partial charge < -0.3 is 19.9 Å². The molecule has 138 valence electrons. The fourth-order valence-corrected chi connectivity index (χ4v) is 3.34. The molecular weight excluding hydrogens is 322 g/mol. The summed E-state index contributed by atoms with van der Waals surface area (Å²) in [6.07, 6.45) is 5.69. The highest BCUT2D eigenvalue weighted by atomic mass is 16.6. The van der Waals surface area contributed by atoms with Crippen LogP contribution in [0.1, 0.15) is 40.0 Å². The SMILES string of the molecule is CC(C)(C)OC(=O)N1CC2(CC(=O)NCCN2C(=O)C=CC2CC2)C1. The van der Waals surface area contributed by atoms with Crippen LogP contribution in [0.5, 0.6) is 0 Å². The Hall–Kier alpha value is -2.05. The summed E-state index contributed by atoms with van der Waals surface area (Å²) in [5.41, 5.74) is -1.19. The van der Waals surface area contributed by atoms with Crippen LogP contribution in [0.15, 0.2) is 12.2 Å². The number of nitrogens with zero attached hydrogens (tertiary/aromatic N) is 2. The number of ether oxygens (including phenoxy) is 1. The summed E-state index contributed by atoms with van der Waals surface area (Å²) in [5.74, 6) is 0.365. The lowest BCUT2D eigenvalue weighted by atomic mass is 9.84. The van der Waals surface area contributed by atoms with Gasteiger partial charge in [0.1, 0.15) is 5.60 Å². The minimum absolute atomic E-state index is 0.0766. The molecule has 7 nitrogen and oxygen atoms in total. The third-order valence-corrected chi connectivity index (χ3v) is 4.74. The largest absolute Gasteiger partial charge is 0.444 e. The van der Waals surface area contributed by atoms with Crippen molar-refractivity contribution in [2.24, 2.45) is 5.92 Å². The monoisotopic (exact) mass is 349 g/mol. The first-order valence-electron chi connectivity index (χ1n) is 8.93. The predicted octanol–water partition coefficient (Wildman–Crippen LogP) is 1.29. The number of hydrogen-bond acceptors (Lipinski definition) is 4. The lowest BCUT2D eigenvalue weighted by Gasteiger charge is -2.54. The zero-order valence-corrected chi connectivity index (χ0v) is 15.2. The molecule has 0 unspecified atom stereocenters. The Bertz CT molecular complexity index is 598. The van der Waals surface area contributed by atoms with E-state index in [1.165, 1.54) is 0 Å². The van der Waals surface area contributed by atoms with Crippen LogP contribution in [0, 0.1) is 5.92 Å². The van der Waals surface area contributed by atoms with E-state index in [0.29, 0.717) is 32.1 Å². The molecule has 7 heteroatoms. The zero-order valence-electron chi connectivity index (χ0n) is 15.2. The van der Waals surface area contributed by atoms with Gasteiger partial charge in [0.25, 0.3) is 0 Å². The van der Waals surface area contributed by atoms with E-state index in [9.17, 15) is 14.4 Å². The maximum atomic E-state index is 12.7. The summed E-state index contributed by atoms with van der Waals surface area (Å²) < 4.78 is 5.39. The van der Waals surface area contributed by atoms with Crippen molar-refractivity contribution >= 4 is 17.9 Å². The first-order chi connectivity index (χ1) is 11.7. The van der Waals surface area contributed by atoms with Crippen molar-refractivity contribution in [1.29, 1.82) is 0 Å². The van der Waals surface area contributed by atoms with E-state index in [1.807, 2.05) is 26.8 Å². The number of hydrogen-bond donors (Lipinski definition) is 1. The van der Waals surface area contributed by atoms with E-state index in [4.69, 9.17) is 4.74 Å². The summed E-state index contributed by atoms with van der Waals surface area (Å²) >= 11 is 0. The molecule has 3 rings (SSSR count). The quantitative estimate of drug-likeness (QED) is 0.762. The fraction of sp³-hybridized carbons (Fsp3) is 0.722. The number of carbonyl (C=O) groups is 3. The molecule has 1 N–H and O–H groups in total. The third kappa shape index (κ3) is 4.14. The van der Waals surface area contributed by atoms with Crippen molar-refractivity contribution < 1.29 is 19.1 Å². The molecule has 25 heavy (non-hydrogen) atoms. The first kappa shape index (κ1) is 17.8. The molecule has 2 aliphatic heterocycles. The van der Waals surface area contributed by atoms with Crippen LogP contribution in [-0.2, 0) is 14.3 Å². The standard InChI is InChI=1S/C18H27N3O4/c1-17(2,3)25-16(24)20-11-18(12-20)10-14(22)19-8-9-21(18)15(23)7-6-13-4-5-13/h6-7,13H,4-5,8-12H2,1-3H3,(H,19,22). The molecule has 0 aromatic heterocycles. The smallest absolute Gasteiger partial charge is 0.410 e. The van der Waals surface area contributed by atoms with E-state index in [2.05, 4.69) is 5.32 Å². The van der Waals surface area contributed by atoms with E-state index in [1.54, 1.807) is 15.9 Å². The molecule has 1 saturated carbocycles. The number of allylic oxidation sites excluding steroid dienone is 1. The fourth-order valence-electron chi connectivity index (χ4n) is 3.34. The Morgan fingerprint density at radius 2 is 1.96 bits per heavy atom. The highest BCUT2D eigenvalue weighted by molar-refractivity contribution is 5.90. The molecule has 1 aliphatic carbocycles. The summed E-state index contributed by atoms with van der Waals surface area (Å²) in [7, 11) is 0. The average Bonchev–Trinajstić information content (AvgIpc) is 3.27. The van der Waals surface area contributed by atoms with Crippen LogP contribution in [0.2, 0.25) is 0 Å². The van der Waals surface area contributed by atoms with Crippen molar-refractivity contribution in [2.45, 2.75) is 51.2 Å². The summed E-state index contributed by atoms with van der Waals surface area (Å²) in [6, 6.07) is 0. The molecule has 0 atom stereocenters. The average molecular weight is 349 g/mol. The second-order valence-corrected chi connectivity index (χ2v) is 8.27. The zero-order chi connectivity index (χ0) is 18.2. The van der Waals surface area contributed by atoms with Gasteiger partial charge in [-0.3, -0.25) is 9.59 Å². The van der Waals surface area contributed by atoms with Gasteiger partial charge in [0.15, 0.2) is 0 Å². The number of nitrogens with one attached hydrogen (secondary N) is 1. The van der Waals surface area contributed by atoms with Crippen molar-refractivity contribution in [1.82, 2.24) is 15.1 Å². The Labute approximate surface area is 148 Å². The molecule has 2 heterocycles. The van der Waals surface area contributed by atoms with Gasteiger partial charge in [-0.2, -0.15) is 0 Å². The maximum absolute atomic E-state index is 12.7. The van der Waals surface area contributed by atoms with Crippen LogP contribution < -0.4 is 5.32 Å². The highest BCUT2D eigenvalue weighted by Crippen LogP contribution is 2.35. The topological polar surface area (TPSA) is 79.0 Å². The number of carbonyl (C=O) groups excluding carboxylic acids is 3. The molecule has 3 amide bonds. The van der Waals surface area contributed by atoms with E-state index >= 15 is 0 Å². The van der Waals surface area contributed by atoms with Crippen molar-refractivity contribution in [3.63, 3.8) is 0 Å². The van der Waals surface area contributed by atoms with Crippen molar-refractivity contribution in [2.75, 3.05) is 26.2 Å². The van der Waals surface area contributed by atoms with Crippen LogP contribution >= 0.6 is 0 Å². The van der Waals surface area contributed by atoms with Gasteiger partial charge in [-0.25, -0.2) is 4.79 Å². The first-order valence-corrected chi connectivity index (χ1v) is 8.93. The molecule has 3 aliphatic rings. The second kappa shape index (κ2) is 6.35. The molecule has 0 bridgehead atoms. The van der Waals surface area contributed by atoms with Gasteiger partial charge >= 0.3 is 6.09 Å². The van der Waals surface area contributed by atoms with Crippen molar-refractivity contribution in [3.8, 4) is 0 Å². The number of likely N-dealkylation sites (tertiary alicyclic amines) is 1. The molecule has 2 saturated heterocycles. The van der Waals surface area contributed by atoms with Gasteiger partial charge in [0.2, 0.25) is 11.8 Å². The minimum Gasteiger partial charge on any atom is -0.444 e.